The molecule has 2 heterocycles. The molecule has 3 rings (SSSR count). The van der Waals surface area contributed by atoms with Gasteiger partial charge >= 0.3 is 0 Å². The van der Waals surface area contributed by atoms with E-state index in [0.29, 0.717) is 17.5 Å². The number of anilines is 1. The highest BCUT2D eigenvalue weighted by Crippen LogP contribution is 2.22. The minimum Gasteiger partial charge on any atom is -0.439 e. The molecule has 120 valence electrons. The molecule has 5 nitrogen and oxygen atoms in total. The Kier molecular flexibility index (Phi) is 4.57. The first-order valence-electron chi connectivity index (χ1n) is 7.84. The van der Waals surface area contributed by atoms with Crippen LogP contribution < -0.4 is 15.4 Å². The molecule has 0 saturated carbocycles. The summed E-state index contributed by atoms with van der Waals surface area (Å²) >= 11 is 0. The number of pyridine rings is 1. The van der Waals surface area contributed by atoms with Gasteiger partial charge in [-0.25, -0.2) is 4.98 Å². The van der Waals surface area contributed by atoms with Crippen molar-refractivity contribution < 1.29 is 9.53 Å². The highest BCUT2D eigenvalue weighted by atomic mass is 16.5. The highest BCUT2D eigenvalue weighted by molar-refractivity contribution is 5.92. The van der Waals surface area contributed by atoms with Gasteiger partial charge < -0.3 is 15.4 Å². The second-order valence-electron chi connectivity index (χ2n) is 6.00. The Morgan fingerprint density at radius 1 is 1.26 bits per heavy atom. The Bertz CT molecular complexity index is 664. The zero-order valence-electron chi connectivity index (χ0n) is 13.4. The maximum Gasteiger partial charge on any atom is 0.227 e. The van der Waals surface area contributed by atoms with Crippen molar-refractivity contribution in [3.63, 3.8) is 0 Å². The fraction of sp³-hybridized carbons (Fsp3) is 0.333. The molecule has 0 spiro atoms. The van der Waals surface area contributed by atoms with Gasteiger partial charge in [-0.3, -0.25) is 4.79 Å². The van der Waals surface area contributed by atoms with Crippen molar-refractivity contribution in [2.24, 2.45) is 11.8 Å². The molecule has 0 aliphatic carbocycles. The van der Waals surface area contributed by atoms with Crippen LogP contribution in [-0.4, -0.2) is 24.0 Å². The second-order valence-corrected chi connectivity index (χ2v) is 6.00. The summed E-state index contributed by atoms with van der Waals surface area (Å²) in [7, 11) is 0. The van der Waals surface area contributed by atoms with Crippen LogP contribution in [-0.2, 0) is 4.79 Å². The van der Waals surface area contributed by atoms with Crippen molar-refractivity contribution in [2.45, 2.75) is 13.8 Å². The van der Waals surface area contributed by atoms with Gasteiger partial charge in [0.25, 0.3) is 0 Å². The van der Waals surface area contributed by atoms with Crippen LogP contribution in [0.2, 0.25) is 0 Å². The summed E-state index contributed by atoms with van der Waals surface area (Å²) in [4.78, 5) is 16.4. The van der Waals surface area contributed by atoms with E-state index >= 15 is 0 Å². The fourth-order valence-corrected chi connectivity index (χ4v) is 2.38. The topological polar surface area (TPSA) is 63.2 Å². The van der Waals surface area contributed by atoms with Crippen molar-refractivity contribution in [3.8, 4) is 11.6 Å². The molecule has 1 fully saturated rings. The number of amides is 1. The molecule has 1 aliphatic rings. The molecule has 1 unspecified atom stereocenters. The van der Waals surface area contributed by atoms with Gasteiger partial charge in [0, 0.05) is 12.0 Å². The van der Waals surface area contributed by atoms with E-state index in [0.717, 1.165) is 18.8 Å². The third-order valence-electron chi connectivity index (χ3n) is 4.18. The fourth-order valence-electron chi connectivity index (χ4n) is 2.38. The zero-order chi connectivity index (χ0) is 16.2. The Balaban J connectivity index is 1.58. The average Bonchev–Trinajstić information content (AvgIpc) is 2.50. The van der Waals surface area contributed by atoms with Crippen LogP contribution in [0.15, 0.2) is 42.6 Å². The summed E-state index contributed by atoms with van der Waals surface area (Å²) < 4.78 is 5.67. The van der Waals surface area contributed by atoms with Crippen molar-refractivity contribution in [1.29, 1.82) is 0 Å². The van der Waals surface area contributed by atoms with Gasteiger partial charge in [-0.2, -0.15) is 0 Å². The largest absolute Gasteiger partial charge is 0.439 e. The maximum atomic E-state index is 12.2. The third-order valence-corrected chi connectivity index (χ3v) is 4.18. The van der Waals surface area contributed by atoms with Gasteiger partial charge in [0.05, 0.1) is 11.9 Å². The SMILES string of the molecule is Cc1ccc(Oc2ccc(NC(=O)C(C)C3CNC3)cn2)cc1. The lowest BCUT2D eigenvalue weighted by molar-refractivity contribution is -0.121. The number of carbonyl (C=O) groups is 1. The molecule has 1 atom stereocenters. The van der Waals surface area contributed by atoms with Gasteiger partial charge in [0.2, 0.25) is 11.8 Å². The summed E-state index contributed by atoms with van der Waals surface area (Å²) in [6.45, 7) is 5.82. The summed E-state index contributed by atoms with van der Waals surface area (Å²) in [6, 6.07) is 11.3. The number of aromatic nitrogens is 1. The number of nitrogens with zero attached hydrogens (tertiary/aromatic N) is 1. The van der Waals surface area contributed by atoms with Crippen molar-refractivity contribution >= 4 is 11.6 Å². The number of hydrogen-bond acceptors (Lipinski definition) is 4. The van der Waals surface area contributed by atoms with Crippen LogP contribution in [0.25, 0.3) is 0 Å². The van der Waals surface area contributed by atoms with Gasteiger partial charge in [0.15, 0.2) is 0 Å². The molecule has 1 aliphatic heterocycles. The van der Waals surface area contributed by atoms with E-state index in [1.165, 1.54) is 5.56 Å². The molecule has 0 radical (unpaired) electrons. The molecular formula is C18H21N3O2. The Labute approximate surface area is 136 Å². The quantitative estimate of drug-likeness (QED) is 0.891. The molecular weight excluding hydrogens is 290 g/mol. The normalized spacial score (nSPS) is 15.6. The number of ether oxygens (including phenoxy) is 1. The summed E-state index contributed by atoms with van der Waals surface area (Å²) in [5.41, 5.74) is 1.87. The van der Waals surface area contributed by atoms with E-state index in [2.05, 4.69) is 15.6 Å². The first-order valence-corrected chi connectivity index (χ1v) is 7.84. The van der Waals surface area contributed by atoms with Gasteiger partial charge in [0.1, 0.15) is 5.75 Å². The molecule has 2 aromatic rings. The number of hydrogen-bond donors (Lipinski definition) is 2. The molecule has 1 amide bonds. The molecule has 1 saturated heterocycles. The third kappa shape index (κ3) is 3.87. The van der Waals surface area contributed by atoms with Gasteiger partial charge in [-0.15, -0.1) is 0 Å². The number of rotatable bonds is 5. The van der Waals surface area contributed by atoms with E-state index in [-0.39, 0.29) is 11.8 Å². The lowest BCUT2D eigenvalue weighted by Gasteiger charge is -2.31. The van der Waals surface area contributed by atoms with Gasteiger partial charge in [-0.1, -0.05) is 24.6 Å². The van der Waals surface area contributed by atoms with E-state index in [1.54, 1.807) is 18.3 Å². The van der Waals surface area contributed by atoms with Crippen LogP contribution in [0, 0.1) is 18.8 Å². The smallest absolute Gasteiger partial charge is 0.227 e. The number of carbonyl (C=O) groups excluding carboxylic acids is 1. The van der Waals surface area contributed by atoms with Crippen LogP contribution in [0.5, 0.6) is 11.6 Å². The van der Waals surface area contributed by atoms with Crippen LogP contribution in [0.1, 0.15) is 12.5 Å². The predicted octanol–water partition coefficient (Wildman–Crippen LogP) is 2.98. The summed E-state index contributed by atoms with van der Waals surface area (Å²) in [5.74, 6) is 1.70. The predicted molar refractivity (Wildman–Crippen MR) is 89.6 cm³/mol. The van der Waals surface area contributed by atoms with Crippen molar-refractivity contribution in [1.82, 2.24) is 10.3 Å². The summed E-state index contributed by atoms with van der Waals surface area (Å²) in [5, 5.41) is 6.09. The van der Waals surface area contributed by atoms with Crippen molar-refractivity contribution in [2.75, 3.05) is 18.4 Å². The van der Waals surface area contributed by atoms with E-state index in [4.69, 9.17) is 4.74 Å². The Morgan fingerprint density at radius 2 is 2.00 bits per heavy atom. The van der Waals surface area contributed by atoms with Crippen LogP contribution in [0.3, 0.4) is 0 Å². The minimum absolute atomic E-state index is 0.000245. The minimum atomic E-state index is -0.000245. The first kappa shape index (κ1) is 15.5. The zero-order valence-corrected chi connectivity index (χ0v) is 13.4. The molecule has 5 heteroatoms. The van der Waals surface area contributed by atoms with Crippen LogP contribution >= 0.6 is 0 Å². The number of aryl methyl sites for hydroxylation is 1. The van der Waals surface area contributed by atoms with E-state index in [9.17, 15) is 4.79 Å². The first-order chi connectivity index (χ1) is 11.1. The molecule has 1 aromatic heterocycles. The average molecular weight is 311 g/mol. The van der Waals surface area contributed by atoms with E-state index < -0.39 is 0 Å². The molecule has 1 aromatic carbocycles. The highest BCUT2D eigenvalue weighted by Gasteiger charge is 2.28. The Morgan fingerprint density at radius 3 is 2.57 bits per heavy atom. The second kappa shape index (κ2) is 6.79. The van der Waals surface area contributed by atoms with Gasteiger partial charge in [-0.05, 0) is 44.1 Å². The lowest BCUT2D eigenvalue weighted by atomic mass is 9.88. The Hall–Kier alpha value is -2.40. The van der Waals surface area contributed by atoms with Crippen molar-refractivity contribution in [3.05, 3.63) is 48.2 Å². The summed E-state index contributed by atoms with van der Waals surface area (Å²) in [6.07, 6.45) is 1.62. The van der Waals surface area contributed by atoms with Crippen LogP contribution in [0.4, 0.5) is 5.69 Å². The number of benzene rings is 1. The standard InChI is InChI=1S/C18H21N3O2/c1-12-3-6-16(7-4-12)23-17-8-5-15(11-20-17)21-18(22)13(2)14-9-19-10-14/h3-8,11,13-14,19H,9-10H2,1-2H3,(H,21,22). The molecule has 0 bridgehead atoms. The van der Waals surface area contributed by atoms with E-state index in [1.807, 2.05) is 38.1 Å². The number of nitrogens with one attached hydrogen (secondary N) is 2. The lowest BCUT2D eigenvalue weighted by Crippen LogP contribution is -2.48. The molecule has 23 heavy (non-hydrogen) atoms. The molecule has 2 N–H and O–H groups in total. The monoisotopic (exact) mass is 311 g/mol. The maximum absolute atomic E-state index is 12.2.